The molecule has 0 heteroatoms. The zero-order valence-corrected chi connectivity index (χ0v) is 10.4. The van der Waals surface area contributed by atoms with E-state index in [0.717, 1.165) is 6.42 Å². The van der Waals surface area contributed by atoms with Crippen LogP contribution in [0.5, 0.6) is 0 Å². The van der Waals surface area contributed by atoms with Gasteiger partial charge in [0.2, 0.25) is 0 Å². The van der Waals surface area contributed by atoms with Crippen molar-refractivity contribution >= 4 is 32.3 Å². The smallest absolute Gasteiger partial charge is 0.00240 e. The summed E-state index contributed by atoms with van der Waals surface area (Å²) in [5.41, 5.74) is 1.45. The van der Waals surface area contributed by atoms with Crippen LogP contribution in [-0.4, -0.2) is 0 Å². The fourth-order valence-electron chi connectivity index (χ4n) is 3.10. The van der Waals surface area contributed by atoms with E-state index in [9.17, 15) is 0 Å². The first kappa shape index (κ1) is 9.90. The lowest BCUT2D eigenvalue weighted by Crippen LogP contribution is -1.88. The van der Waals surface area contributed by atoms with E-state index in [1.807, 2.05) is 0 Å². The summed E-state index contributed by atoms with van der Waals surface area (Å²) in [6, 6.07) is 20.1. The van der Waals surface area contributed by atoms with Crippen molar-refractivity contribution in [1.29, 1.82) is 0 Å². The molecule has 0 bridgehead atoms. The molecular formula is C18H14. The zero-order chi connectivity index (χ0) is 12.1. The lowest BCUT2D eigenvalue weighted by molar-refractivity contribution is 1.16. The Kier molecular flexibility index (Phi) is 1.90. The van der Waals surface area contributed by atoms with Crippen LogP contribution in [0.1, 0.15) is 12.5 Å². The van der Waals surface area contributed by atoms with E-state index in [0.29, 0.717) is 0 Å². The van der Waals surface area contributed by atoms with E-state index in [4.69, 9.17) is 0 Å². The molecule has 0 fully saturated rings. The Labute approximate surface area is 106 Å². The second-order valence-corrected chi connectivity index (χ2v) is 4.93. The maximum atomic E-state index is 2.28. The molecule has 0 aliphatic heterocycles. The predicted molar refractivity (Wildman–Crippen MR) is 79.5 cm³/mol. The Balaban J connectivity index is 2.40. The fraction of sp³-hybridized carbons (Fsp3) is 0.111. The summed E-state index contributed by atoms with van der Waals surface area (Å²) >= 11 is 0. The first-order valence-electron chi connectivity index (χ1n) is 6.54. The number of hydrogen-bond acceptors (Lipinski definition) is 0. The third kappa shape index (κ3) is 1.15. The maximum absolute atomic E-state index is 2.28. The molecule has 4 aromatic rings. The van der Waals surface area contributed by atoms with E-state index in [1.165, 1.54) is 37.9 Å². The number of rotatable bonds is 1. The van der Waals surface area contributed by atoms with Gasteiger partial charge in [-0.2, -0.15) is 0 Å². The molecule has 0 nitrogen and oxygen atoms in total. The molecule has 0 amide bonds. The lowest BCUT2D eigenvalue weighted by atomic mass is 9.91. The van der Waals surface area contributed by atoms with Crippen LogP contribution in [0.25, 0.3) is 32.3 Å². The van der Waals surface area contributed by atoms with Gasteiger partial charge in [-0.05, 0) is 44.3 Å². The molecule has 0 atom stereocenters. The SMILES string of the molecule is CCc1ccc2ccc3cccc4ccc1c2c34. The molecule has 0 aliphatic rings. The van der Waals surface area contributed by atoms with Gasteiger partial charge in [0, 0.05) is 0 Å². The summed E-state index contributed by atoms with van der Waals surface area (Å²) in [4.78, 5) is 0. The number of aryl methyl sites for hydroxylation is 1. The predicted octanol–water partition coefficient (Wildman–Crippen LogP) is 5.15. The van der Waals surface area contributed by atoms with Crippen LogP contribution in [0.2, 0.25) is 0 Å². The Morgan fingerprint density at radius 1 is 0.667 bits per heavy atom. The average Bonchev–Trinajstić information content (AvgIpc) is 2.44. The minimum Gasteiger partial charge on any atom is -0.0613 e. The van der Waals surface area contributed by atoms with E-state index < -0.39 is 0 Å². The second-order valence-electron chi connectivity index (χ2n) is 4.93. The van der Waals surface area contributed by atoms with Crippen LogP contribution in [0.3, 0.4) is 0 Å². The van der Waals surface area contributed by atoms with Crippen molar-refractivity contribution in [1.82, 2.24) is 0 Å². The van der Waals surface area contributed by atoms with Gasteiger partial charge in [0.15, 0.2) is 0 Å². The summed E-state index contributed by atoms with van der Waals surface area (Å²) < 4.78 is 0. The zero-order valence-electron chi connectivity index (χ0n) is 10.4. The molecule has 4 rings (SSSR count). The van der Waals surface area contributed by atoms with Gasteiger partial charge in [-0.25, -0.2) is 0 Å². The molecule has 0 saturated carbocycles. The average molecular weight is 230 g/mol. The highest BCUT2D eigenvalue weighted by Gasteiger charge is 2.09. The Hall–Kier alpha value is -2.08. The van der Waals surface area contributed by atoms with Crippen LogP contribution in [0, 0.1) is 0 Å². The van der Waals surface area contributed by atoms with Crippen molar-refractivity contribution in [3.8, 4) is 0 Å². The Morgan fingerprint density at radius 2 is 1.28 bits per heavy atom. The molecule has 0 radical (unpaired) electrons. The third-order valence-electron chi connectivity index (χ3n) is 4.00. The highest BCUT2D eigenvalue weighted by Crippen LogP contribution is 2.35. The summed E-state index contributed by atoms with van der Waals surface area (Å²) in [5.74, 6) is 0. The normalized spacial score (nSPS) is 11.8. The highest BCUT2D eigenvalue weighted by molar-refractivity contribution is 6.23. The molecule has 0 spiro atoms. The second kappa shape index (κ2) is 3.46. The molecule has 0 aromatic heterocycles. The molecule has 18 heavy (non-hydrogen) atoms. The Morgan fingerprint density at radius 3 is 2.00 bits per heavy atom. The van der Waals surface area contributed by atoms with Crippen molar-refractivity contribution in [2.45, 2.75) is 13.3 Å². The monoisotopic (exact) mass is 230 g/mol. The van der Waals surface area contributed by atoms with Crippen LogP contribution >= 0.6 is 0 Å². The summed E-state index contributed by atoms with van der Waals surface area (Å²) in [6.45, 7) is 2.23. The largest absolute Gasteiger partial charge is 0.0613 e. The van der Waals surface area contributed by atoms with Gasteiger partial charge in [0.1, 0.15) is 0 Å². The van der Waals surface area contributed by atoms with Crippen molar-refractivity contribution in [2.75, 3.05) is 0 Å². The van der Waals surface area contributed by atoms with E-state index in [1.54, 1.807) is 0 Å². The molecule has 0 unspecified atom stereocenters. The third-order valence-corrected chi connectivity index (χ3v) is 4.00. The molecule has 0 N–H and O–H groups in total. The van der Waals surface area contributed by atoms with Gasteiger partial charge >= 0.3 is 0 Å². The fourth-order valence-corrected chi connectivity index (χ4v) is 3.10. The van der Waals surface area contributed by atoms with E-state index >= 15 is 0 Å². The molecule has 0 aliphatic carbocycles. The molecule has 86 valence electrons. The number of hydrogen-bond donors (Lipinski definition) is 0. The Bertz CT molecular complexity index is 840. The molecule has 4 aromatic carbocycles. The maximum Gasteiger partial charge on any atom is -0.00240 e. The molecular weight excluding hydrogens is 216 g/mol. The molecule has 0 heterocycles. The molecule has 0 saturated heterocycles. The first-order valence-corrected chi connectivity index (χ1v) is 6.54. The summed E-state index contributed by atoms with van der Waals surface area (Å²) in [7, 11) is 0. The standard InChI is InChI=1S/C18H14/c1-2-12-6-7-15-9-8-13-4-3-5-14-10-11-16(12)18(15)17(13)14/h3-11H,2H2,1H3. The quantitative estimate of drug-likeness (QED) is 0.397. The van der Waals surface area contributed by atoms with Crippen molar-refractivity contribution < 1.29 is 0 Å². The van der Waals surface area contributed by atoms with E-state index in [-0.39, 0.29) is 0 Å². The van der Waals surface area contributed by atoms with Gasteiger partial charge in [0.25, 0.3) is 0 Å². The van der Waals surface area contributed by atoms with Crippen molar-refractivity contribution in [3.05, 3.63) is 60.2 Å². The van der Waals surface area contributed by atoms with Crippen LogP contribution in [0.4, 0.5) is 0 Å². The number of benzene rings is 4. The van der Waals surface area contributed by atoms with Gasteiger partial charge in [-0.15, -0.1) is 0 Å². The van der Waals surface area contributed by atoms with Gasteiger partial charge in [0.05, 0.1) is 0 Å². The van der Waals surface area contributed by atoms with Gasteiger partial charge in [-0.3, -0.25) is 0 Å². The van der Waals surface area contributed by atoms with E-state index in [2.05, 4.69) is 61.5 Å². The van der Waals surface area contributed by atoms with Crippen LogP contribution in [0.15, 0.2) is 54.6 Å². The van der Waals surface area contributed by atoms with Gasteiger partial charge in [-0.1, -0.05) is 61.5 Å². The first-order chi connectivity index (χ1) is 8.88. The van der Waals surface area contributed by atoms with Crippen LogP contribution < -0.4 is 0 Å². The minimum absolute atomic E-state index is 1.09. The topological polar surface area (TPSA) is 0 Å². The minimum atomic E-state index is 1.09. The van der Waals surface area contributed by atoms with Gasteiger partial charge < -0.3 is 0 Å². The lowest BCUT2D eigenvalue weighted by Gasteiger charge is -2.12. The van der Waals surface area contributed by atoms with Crippen molar-refractivity contribution in [3.63, 3.8) is 0 Å². The van der Waals surface area contributed by atoms with Crippen LogP contribution in [-0.2, 0) is 6.42 Å². The van der Waals surface area contributed by atoms with Crippen molar-refractivity contribution in [2.24, 2.45) is 0 Å². The summed E-state index contributed by atoms with van der Waals surface area (Å²) in [5, 5.41) is 8.32. The highest BCUT2D eigenvalue weighted by atomic mass is 14.1. The summed E-state index contributed by atoms with van der Waals surface area (Å²) in [6.07, 6.45) is 1.09.